The second-order valence-corrected chi connectivity index (χ2v) is 10.3. The number of amides is 2. The molecule has 0 aliphatic carbocycles. The molecule has 0 spiro atoms. The Morgan fingerprint density at radius 1 is 1.20 bits per heavy atom. The van der Waals surface area contributed by atoms with Crippen LogP contribution in [0.2, 0.25) is 0 Å². The highest BCUT2D eigenvalue weighted by molar-refractivity contribution is 6.07. The number of ether oxygens (including phenoxy) is 1. The molecule has 1 aromatic heterocycles. The minimum Gasteiger partial charge on any atom is -0.441 e. The van der Waals surface area contributed by atoms with E-state index in [1.54, 1.807) is 34.0 Å². The smallest absolute Gasteiger partial charge is 0.304 e. The van der Waals surface area contributed by atoms with Crippen LogP contribution in [0.3, 0.4) is 0 Å². The number of carbonyl (C=O) groups is 3. The summed E-state index contributed by atoms with van der Waals surface area (Å²) in [5.41, 5.74) is 1.62. The molecule has 1 fully saturated rings. The Balaban J connectivity index is 1.27. The van der Waals surface area contributed by atoms with Crippen LogP contribution < -0.4 is 9.80 Å². The molecule has 214 valence electrons. The molecule has 11 heteroatoms. The summed E-state index contributed by atoms with van der Waals surface area (Å²) in [4.78, 5) is 40.2. The Bertz CT molecular complexity index is 1470. The van der Waals surface area contributed by atoms with Gasteiger partial charge in [0.2, 0.25) is 5.91 Å². The van der Waals surface area contributed by atoms with E-state index in [1.807, 2.05) is 49.4 Å². The van der Waals surface area contributed by atoms with Crippen LogP contribution >= 0.6 is 0 Å². The molecule has 2 aliphatic heterocycles. The monoisotopic (exact) mass is 559 g/mol. The average Bonchev–Trinajstić information content (AvgIpc) is 3.48. The maximum atomic E-state index is 13.8. The Morgan fingerprint density at radius 2 is 1.95 bits per heavy atom. The number of β-lactam (4-membered cyclic amide) rings is 1. The molecule has 1 saturated heterocycles. The first kappa shape index (κ1) is 28.2. The van der Waals surface area contributed by atoms with Gasteiger partial charge in [0.05, 0.1) is 24.3 Å². The summed E-state index contributed by atoms with van der Waals surface area (Å²) in [6.45, 7) is 3.96. The van der Waals surface area contributed by atoms with Crippen LogP contribution in [0, 0.1) is 5.92 Å². The molecule has 0 saturated carbocycles. The number of allylic oxidation sites excluding steroid dienone is 1. The highest BCUT2D eigenvalue weighted by atomic mass is 16.6. The maximum absolute atomic E-state index is 13.8. The number of nitrogens with zero attached hydrogens (tertiary/aromatic N) is 5. The van der Waals surface area contributed by atoms with Crippen molar-refractivity contribution in [3.05, 3.63) is 83.7 Å². The summed E-state index contributed by atoms with van der Waals surface area (Å²) in [6.07, 6.45) is 6.19. The topological polar surface area (TPSA) is 138 Å². The van der Waals surface area contributed by atoms with Crippen molar-refractivity contribution in [3.8, 4) is 0 Å². The first-order chi connectivity index (χ1) is 19.7. The van der Waals surface area contributed by atoms with E-state index in [9.17, 15) is 19.5 Å². The van der Waals surface area contributed by atoms with Gasteiger partial charge in [-0.1, -0.05) is 54.6 Å². The molecule has 2 N–H and O–H groups in total. The number of esters is 1. The number of fused-ring (bicyclic) bond motifs is 1. The summed E-state index contributed by atoms with van der Waals surface area (Å²) >= 11 is 0. The van der Waals surface area contributed by atoms with Gasteiger partial charge in [0.15, 0.2) is 11.8 Å². The zero-order valence-corrected chi connectivity index (χ0v) is 23.0. The molecule has 0 bridgehead atoms. The van der Waals surface area contributed by atoms with Gasteiger partial charge < -0.3 is 19.8 Å². The number of aryl methyl sites for hydroxylation is 1. The number of carbonyl (C=O) groups excluding carboxylic acids is 3. The first-order valence-corrected chi connectivity index (χ1v) is 13.6. The fourth-order valence-corrected chi connectivity index (χ4v) is 5.31. The van der Waals surface area contributed by atoms with Gasteiger partial charge in [0.1, 0.15) is 0 Å². The zero-order chi connectivity index (χ0) is 29.1. The Morgan fingerprint density at radius 3 is 2.66 bits per heavy atom. The Kier molecular flexibility index (Phi) is 8.00. The molecule has 2 aromatic carbocycles. The third-order valence-electron chi connectivity index (χ3n) is 7.50. The standard InChI is InChI=1S/C30H33N5O6/c1-20(7-5-6-15-33-19-23(14-16-36)31-32-33)30(40)25-8-3-4-9-26(25)34(29(30)39)18-22-10-12-24(13-11-22)35-27(38)17-28(35)41-21(2)37/h3-5,7-13,19-20,28,36,40H,6,14-18H2,1-2H3/b7-5+/t20-,28?,30+/m1/s1. The fourth-order valence-electron chi connectivity index (χ4n) is 5.31. The highest BCUT2D eigenvalue weighted by Crippen LogP contribution is 2.45. The van der Waals surface area contributed by atoms with Crippen molar-refractivity contribution in [3.63, 3.8) is 0 Å². The van der Waals surface area contributed by atoms with Gasteiger partial charge in [-0.25, -0.2) is 0 Å². The number of aliphatic hydroxyl groups is 2. The van der Waals surface area contributed by atoms with Gasteiger partial charge in [-0.15, -0.1) is 5.10 Å². The number of anilines is 2. The first-order valence-electron chi connectivity index (χ1n) is 13.6. The quantitative estimate of drug-likeness (QED) is 0.208. The van der Waals surface area contributed by atoms with Crippen molar-refractivity contribution in [1.82, 2.24) is 15.0 Å². The molecule has 5 rings (SSSR count). The van der Waals surface area contributed by atoms with Gasteiger partial charge in [-0.3, -0.25) is 24.0 Å². The predicted octanol–water partition coefficient (Wildman–Crippen LogP) is 2.46. The summed E-state index contributed by atoms with van der Waals surface area (Å²) in [6, 6.07) is 14.4. The second kappa shape index (κ2) is 11.6. The molecule has 3 atom stereocenters. The lowest BCUT2D eigenvalue weighted by Gasteiger charge is -2.39. The zero-order valence-electron chi connectivity index (χ0n) is 23.0. The van der Waals surface area contributed by atoms with E-state index >= 15 is 0 Å². The lowest BCUT2D eigenvalue weighted by molar-refractivity contribution is -0.153. The van der Waals surface area contributed by atoms with E-state index in [0.29, 0.717) is 36.3 Å². The molecular weight excluding hydrogens is 526 g/mol. The van der Waals surface area contributed by atoms with Crippen LogP contribution in [-0.4, -0.2) is 55.8 Å². The third-order valence-corrected chi connectivity index (χ3v) is 7.50. The number of hydrogen-bond acceptors (Lipinski definition) is 8. The summed E-state index contributed by atoms with van der Waals surface area (Å²) in [7, 11) is 0. The molecular formula is C30H33N5O6. The lowest BCUT2D eigenvalue weighted by atomic mass is 9.83. The van der Waals surface area contributed by atoms with Gasteiger partial charge in [-0.05, 0) is 30.2 Å². The number of aliphatic hydroxyl groups excluding tert-OH is 1. The number of hydrogen-bond donors (Lipinski definition) is 2. The Labute approximate surface area is 237 Å². The van der Waals surface area contributed by atoms with Crippen LogP contribution in [-0.2, 0) is 44.2 Å². The van der Waals surface area contributed by atoms with Crippen molar-refractivity contribution >= 4 is 29.2 Å². The van der Waals surface area contributed by atoms with Crippen LogP contribution in [0.15, 0.2) is 66.9 Å². The molecule has 3 aromatic rings. The maximum Gasteiger partial charge on any atom is 0.304 e. The molecule has 0 radical (unpaired) electrons. The van der Waals surface area contributed by atoms with E-state index in [4.69, 9.17) is 9.84 Å². The van der Waals surface area contributed by atoms with Crippen LogP contribution in [0.1, 0.15) is 43.5 Å². The van der Waals surface area contributed by atoms with E-state index in [2.05, 4.69) is 10.3 Å². The highest BCUT2D eigenvalue weighted by Gasteiger charge is 2.52. The fraction of sp³-hybridized carbons (Fsp3) is 0.367. The van der Waals surface area contributed by atoms with Crippen molar-refractivity contribution in [2.75, 3.05) is 16.4 Å². The second-order valence-electron chi connectivity index (χ2n) is 10.3. The SMILES string of the molecule is CC(=O)OC1CC(=O)N1c1ccc(CN2C(=O)[C@](O)([C@H](C)/C=C/CCn3cc(CCO)nn3)c3ccccc32)cc1. The Hall–Kier alpha value is -4.35. The average molecular weight is 560 g/mol. The number of para-hydroxylation sites is 1. The van der Waals surface area contributed by atoms with E-state index in [-0.39, 0.29) is 25.5 Å². The summed E-state index contributed by atoms with van der Waals surface area (Å²) in [5, 5.41) is 28.9. The van der Waals surface area contributed by atoms with Gasteiger partial charge >= 0.3 is 5.97 Å². The molecule has 2 aliphatic rings. The summed E-state index contributed by atoms with van der Waals surface area (Å²) < 4.78 is 6.89. The van der Waals surface area contributed by atoms with Gasteiger partial charge in [-0.2, -0.15) is 0 Å². The van der Waals surface area contributed by atoms with Crippen LogP contribution in [0.5, 0.6) is 0 Å². The van der Waals surface area contributed by atoms with E-state index in [0.717, 1.165) is 11.3 Å². The summed E-state index contributed by atoms with van der Waals surface area (Å²) in [5.74, 6) is -1.49. The van der Waals surface area contributed by atoms with Crippen molar-refractivity contribution < 1.29 is 29.3 Å². The lowest BCUT2D eigenvalue weighted by Crippen LogP contribution is -2.54. The van der Waals surface area contributed by atoms with E-state index in [1.165, 1.54) is 11.8 Å². The molecule has 41 heavy (non-hydrogen) atoms. The normalized spacial score (nSPS) is 20.8. The molecule has 1 unspecified atom stereocenters. The van der Waals surface area contributed by atoms with Crippen molar-refractivity contribution in [2.45, 2.75) is 58.0 Å². The number of benzene rings is 2. The minimum absolute atomic E-state index is 0.0181. The largest absolute Gasteiger partial charge is 0.441 e. The van der Waals surface area contributed by atoms with E-state index < -0.39 is 29.6 Å². The van der Waals surface area contributed by atoms with Gasteiger partial charge in [0.25, 0.3) is 5.91 Å². The van der Waals surface area contributed by atoms with Crippen molar-refractivity contribution in [1.29, 1.82) is 0 Å². The molecule has 3 heterocycles. The van der Waals surface area contributed by atoms with Crippen LogP contribution in [0.4, 0.5) is 11.4 Å². The molecule has 2 amide bonds. The predicted molar refractivity (Wildman–Crippen MR) is 149 cm³/mol. The van der Waals surface area contributed by atoms with Crippen molar-refractivity contribution in [2.24, 2.45) is 5.92 Å². The van der Waals surface area contributed by atoms with Gasteiger partial charge in [0, 0.05) is 49.9 Å². The third kappa shape index (κ3) is 5.50. The number of rotatable bonds is 11. The minimum atomic E-state index is -1.73. The number of aromatic nitrogens is 3. The van der Waals surface area contributed by atoms with Crippen LogP contribution in [0.25, 0.3) is 0 Å². The molecule has 11 nitrogen and oxygen atoms in total.